The molecule has 1 N–H and O–H groups in total. The number of halogens is 1. The predicted octanol–water partition coefficient (Wildman–Crippen LogP) is 4.64. The number of carbonyl (C=O) groups is 1. The summed E-state index contributed by atoms with van der Waals surface area (Å²) in [5.74, 6) is 0.754. The van der Waals surface area contributed by atoms with Crippen LogP contribution in [-0.2, 0) is 0 Å². The van der Waals surface area contributed by atoms with Crippen LogP contribution in [-0.4, -0.2) is 23.9 Å². The van der Waals surface area contributed by atoms with Gasteiger partial charge in [-0.1, -0.05) is 29.0 Å². The van der Waals surface area contributed by atoms with Gasteiger partial charge in [0.2, 0.25) is 0 Å². The highest BCUT2D eigenvalue weighted by Crippen LogP contribution is 2.32. The van der Waals surface area contributed by atoms with E-state index in [1.165, 1.54) is 11.3 Å². The van der Waals surface area contributed by atoms with E-state index in [1.54, 1.807) is 24.3 Å². The first-order valence-corrected chi connectivity index (χ1v) is 8.42. The molecule has 0 saturated carbocycles. The molecule has 0 amide bonds. The lowest BCUT2D eigenvalue weighted by atomic mass is 10.1. The molecule has 0 atom stereocenters. The van der Waals surface area contributed by atoms with Gasteiger partial charge in [0, 0.05) is 10.6 Å². The third kappa shape index (κ3) is 3.63. The van der Waals surface area contributed by atoms with Crippen molar-refractivity contribution in [3.63, 3.8) is 0 Å². The molecule has 4 nitrogen and oxygen atoms in total. The second kappa shape index (κ2) is 6.98. The van der Waals surface area contributed by atoms with Crippen molar-refractivity contribution < 1.29 is 9.53 Å². The summed E-state index contributed by atoms with van der Waals surface area (Å²) in [7, 11) is 0. The largest absolute Gasteiger partial charge is 0.492 e. The zero-order valence-electron chi connectivity index (χ0n) is 12.5. The van der Waals surface area contributed by atoms with Gasteiger partial charge in [-0.25, -0.2) is 4.98 Å². The molecule has 118 valence electrons. The van der Waals surface area contributed by atoms with Gasteiger partial charge in [0.05, 0.1) is 17.9 Å². The number of Topliss-reactive ketones (excluding diaryl/α,β-unsaturated/α-hetero) is 1. The molecule has 0 fully saturated rings. The number of benzene rings is 2. The molecule has 0 aliphatic heterocycles. The minimum absolute atomic E-state index is 0.00838. The fourth-order valence-corrected chi connectivity index (χ4v) is 3.17. The first-order valence-electron chi connectivity index (χ1n) is 7.22. The maximum Gasteiger partial charge on any atom is 0.184 e. The second-order valence-corrected chi connectivity index (χ2v) is 6.31. The Morgan fingerprint density at radius 3 is 2.78 bits per heavy atom. The Bertz CT molecular complexity index is 830. The first kappa shape index (κ1) is 15.8. The smallest absolute Gasteiger partial charge is 0.184 e. The molecule has 0 bridgehead atoms. The molecule has 23 heavy (non-hydrogen) atoms. The summed E-state index contributed by atoms with van der Waals surface area (Å²) in [6, 6.07) is 12.7. The van der Waals surface area contributed by atoms with Crippen molar-refractivity contribution in [2.45, 2.75) is 6.92 Å². The number of nitrogens with zero attached hydrogens (tertiary/aromatic N) is 1. The number of thiazole rings is 1. The lowest BCUT2D eigenvalue weighted by Crippen LogP contribution is -2.13. The highest BCUT2D eigenvalue weighted by Gasteiger charge is 2.11. The highest BCUT2D eigenvalue weighted by atomic mass is 35.5. The second-order valence-electron chi connectivity index (χ2n) is 4.84. The van der Waals surface area contributed by atoms with Crippen LogP contribution in [0, 0.1) is 0 Å². The van der Waals surface area contributed by atoms with Crippen LogP contribution in [0.25, 0.3) is 10.2 Å². The van der Waals surface area contributed by atoms with E-state index < -0.39 is 0 Å². The van der Waals surface area contributed by atoms with Crippen molar-refractivity contribution in [3.8, 4) is 5.75 Å². The number of ether oxygens (including phenoxy) is 1. The summed E-state index contributed by atoms with van der Waals surface area (Å²) in [4.78, 5) is 16.7. The third-order valence-corrected chi connectivity index (χ3v) is 4.48. The molecule has 6 heteroatoms. The van der Waals surface area contributed by atoms with Crippen LogP contribution in [0.5, 0.6) is 5.75 Å². The molecule has 0 unspecified atom stereocenters. The van der Waals surface area contributed by atoms with Crippen molar-refractivity contribution in [1.29, 1.82) is 0 Å². The Morgan fingerprint density at radius 2 is 2.04 bits per heavy atom. The van der Waals surface area contributed by atoms with Crippen molar-refractivity contribution in [2.75, 3.05) is 18.5 Å². The van der Waals surface area contributed by atoms with E-state index in [9.17, 15) is 4.79 Å². The average Bonchev–Trinajstić information content (AvgIpc) is 2.98. The van der Waals surface area contributed by atoms with Crippen molar-refractivity contribution in [3.05, 3.63) is 53.1 Å². The number of nitrogens with one attached hydrogen (secondary N) is 1. The van der Waals surface area contributed by atoms with Crippen molar-refractivity contribution in [1.82, 2.24) is 4.98 Å². The van der Waals surface area contributed by atoms with Gasteiger partial charge in [0.25, 0.3) is 0 Å². The van der Waals surface area contributed by atoms with E-state index in [2.05, 4.69) is 10.3 Å². The normalized spacial score (nSPS) is 10.7. The fraction of sp³-hybridized carbons (Fsp3) is 0.176. The van der Waals surface area contributed by atoms with E-state index in [-0.39, 0.29) is 12.3 Å². The molecular weight excluding hydrogens is 332 g/mol. The van der Waals surface area contributed by atoms with Crippen LogP contribution in [0.15, 0.2) is 42.5 Å². The molecule has 0 spiro atoms. The Kier molecular flexibility index (Phi) is 4.79. The van der Waals surface area contributed by atoms with E-state index >= 15 is 0 Å². The van der Waals surface area contributed by atoms with Crippen LogP contribution < -0.4 is 10.1 Å². The molecule has 3 aromatic rings. The average molecular weight is 347 g/mol. The standard InChI is InChI=1S/C17H15ClN2O2S/c1-2-22-14-4-3-5-15-16(14)20-17(23-15)19-10-13(21)11-6-8-12(18)9-7-11/h3-9H,2,10H2,1H3,(H,19,20). The highest BCUT2D eigenvalue weighted by molar-refractivity contribution is 7.22. The van der Waals surface area contributed by atoms with Crippen molar-refractivity contribution >= 4 is 44.1 Å². The molecule has 0 radical (unpaired) electrons. The minimum Gasteiger partial charge on any atom is -0.492 e. The third-order valence-electron chi connectivity index (χ3n) is 3.25. The summed E-state index contributed by atoms with van der Waals surface area (Å²) in [5.41, 5.74) is 1.44. The maximum atomic E-state index is 12.2. The molecular formula is C17H15ClN2O2S. The molecule has 0 aliphatic rings. The quantitative estimate of drug-likeness (QED) is 0.660. The number of rotatable bonds is 6. The summed E-state index contributed by atoms with van der Waals surface area (Å²) in [6.07, 6.45) is 0. The van der Waals surface area contributed by atoms with E-state index in [0.717, 1.165) is 16.0 Å². The zero-order valence-corrected chi connectivity index (χ0v) is 14.1. The van der Waals surface area contributed by atoms with Crippen LogP contribution in [0.2, 0.25) is 5.02 Å². The summed E-state index contributed by atoms with van der Waals surface area (Å²) in [5, 5.41) is 4.40. The number of hydrogen-bond donors (Lipinski definition) is 1. The number of anilines is 1. The molecule has 2 aromatic carbocycles. The summed E-state index contributed by atoms with van der Waals surface area (Å²) >= 11 is 7.33. The lowest BCUT2D eigenvalue weighted by molar-refractivity contribution is 0.101. The van der Waals surface area contributed by atoms with Crippen LogP contribution in [0.3, 0.4) is 0 Å². The first-order chi connectivity index (χ1) is 11.2. The summed E-state index contributed by atoms with van der Waals surface area (Å²) in [6.45, 7) is 2.72. The van der Waals surface area contributed by atoms with Gasteiger partial charge in [-0.15, -0.1) is 0 Å². The number of aromatic nitrogens is 1. The molecule has 0 saturated heterocycles. The number of para-hydroxylation sites is 1. The van der Waals surface area contributed by atoms with Gasteiger partial charge in [0.15, 0.2) is 10.9 Å². The molecule has 1 heterocycles. The summed E-state index contributed by atoms with van der Waals surface area (Å²) < 4.78 is 6.60. The van der Waals surface area contributed by atoms with Crippen LogP contribution >= 0.6 is 22.9 Å². The number of ketones is 1. The molecule has 3 rings (SSSR count). The zero-order chi connectivity index (χ0) is 16.2. The fourth-order valence-electron chi connectivity index (χ4n) is 2.16. The van der Waals surface area contributed by atoms with E-state index in [0.29, 0.717) is 22.3 Å². The number of hydrogen-bond acceptors (Lipinski definition) is 5. The van der Waals surface area contributed by atoms with Crippen molar-refractivity contribution in [2.24, 2.45) is 0 Å². The maximum absolute atomic E-state index is 12.2. The predicted molar refractivity (Wildman–Crippen MR) is 95.1 cm³/mol. The van der Waals surface area contributed by atoms with Gasteiger partial charge >= 0.3 is 0 Å². The van der Waals surface area contributed by atoms with Gasteiger partial charge < -0.3 is 10.1 Å². The Hall–Kier alpha value is -2.11. The monoisotopic (exact) mass is 346 g/mol. The Morgan fingerprint density at radius 1 is 1.26 bits per heavy atom. The van der Waals surface area contributed by atoms with Crippen LogP contribution in [0.1, 0.15) is 17.3 Å². The number of fused-ring (bicyclic) bond motifs is 1. The van der Waals surface area contributed by atoms with Gasteiger partial charge in [-0.05, 0) is 43.3 Å². The van der Waals surface area contributed by atoms with Gasteiger partial charge in [-0.3, -0.25) is 4.79 Å². The van der Waals surface area contributed by atoms with E-state index in [1.807, 2.05) is 25.1 Å². The minimum atomic E-state index is -0.00838. The Balaban J connectivity index is 1.73. The van der Waals surface area contributed by atoms with Gasteiger partial charge in [-0.2, -0.15) is 0 Å². The molecule has 0 aliphatic carbocycles. The lowest BCUT2D eigenvalue weighted by Gasteiger charge is -2.03. The Labute approximate surface area is 143 Å². The van der Waals surface area contributed by atoms with Gasteiger partial charge in [0.1, 0.15) is 11.3 Å². The number of carbonyl (C=O) groups excluding carboxylic acids is 1. The van der Waals surface area contributed by atoms with E-state index in [4.69, 9.17) is 16.3 Å². The topological polar surface area (TPSA) is 51.2 Å². The SMILES string of the molecule is CCOc1cccc2sc(NCC(=O)c3ccc(Cl)cc3)nc12. The molecule has 1 aromatic heterocycles. The van der Waals surface area contributed by atoms with Crippen LogP contribution in [0.4, 0.5) is 5.13 Å².